The fraction of sp³-hybridized carbons (Fsp3) is 0.450. The van der Waals surface area contributed by atoms with E-state index < -0.39 is 67.0 Å². The summed E-state index contributed by atoms with van der Waals surface area (Å²) < 4.78 is 0. The average molecular weight is 452 g/mol. The number of carboxylic acid groups (broad SMARTS) is 1. The van der Waals surface area contributed by atoms with Crippen LogP contribution in [-0.2, 0) is 30.4 Å². The van der Waals surface area contributed by atoms with E-state index in [1.165, 1.54) is 6.92 Å². The molecule has 0 bridgehead atoms. The second-order valence-corrected chi connectivity index (χ2v) is 7.12. The van der Waals surface area contributed by atoms with Gasteiger partial charge in [-0.3, -0.25) is 19.2 Å². The van der Waals surface area contributed by atoms with E-state index in [1.807, 2.05) is 0 Å². The van der Waals surface area contributed by atoms with E-state index >= 15 is 0 Å². The summed E-state index contributed by atoms with van der Waals surface area (Å²) in [6.07, 6.45) is -1.68. The Balaban J connectivity index is 2.77. The third-order valence-corrected chi connectivity index (χ3v) is 4.40. The average Bonchev–Trinajstić information content (AvgIpc) is 2.74. The molecular weight excluding hydrogens is 424 g/mol. The molecule has 3 amide bonds. The first-order valence-electron chi connectivity index (χ1n) is 9.75. The molecule has 1 rings (SSSR count). The van der Waals surface area contributed by atoms with Crippen LogP contribution < -0.4 is 21.7 Å². The summed E-state index contributed by atoms with van der Waals surface area (Å²) in [6, 6.07) is 3.45. The van der Waals surface area contributed by atoms with Gasteiger partial charge in [0.1, 0.15) is 18.4 Å². The summed E-state index contributed by atoms with van der Waals surface area (Å²) in [5, 5.41) is 34.6. The van der Waals surface area contributed by atoms with Gasteiger partial charge in [0.05, 0.1) is 31.2 Å². The van der Waals surface area contributed by atoms with Gasteiger partial charge in [0.25, 0.3) is 0 Å². The quantitative estimate of drug-likeness (QED) is 0.152. The number of aliphatic hydroxyl groups excluding tert-OH is 2. The summed E-state index contributed by atoms with van der Waals surface area (Å²) in [4.78, 5) is 58.7. The predicted molar refractivity (Wildman–Crippen MR) is 111 cm³/mol. The molecule has 12 nitrogen and oxygen atoms in total. The monoisotopic (exact) mass is 452 g/mol. The van der Waals surface area contributed by atoms with Crippen LogP contribution in [0.2, 0.25) is 0 Å². The molecule has 0 fully saturated rings. The van der Waals surface area contributed by atoms with Crippen LogP contribution in [0.5, 0.6) is 0 Å². The van der Waals surface area contributed by atoms with E-state index in [0.717, 1.165) is 5.56 Å². The first-order valence-corrected chi connectivity index (χ1v) is 9.75. The van der Waals surface area contributed by atoms with Gasteiger partial charge in [-0.25, -0.2) is 0 Å². The van der Waals surface area contributed by atoms with Crippen LogP contribution in [0.3, 0.4) is 0 Å². The number of aliphatic carboxylic acids is 1. The highest BCUT2D eigenvalue weighted by Gasteiger charge is 2.31. The molecule has 0 radical (unpaired) electrons. The third-order valence-electron chi connectivity index (χ3n) is 4.40. The largest absolute Gasteiger partial charge is 0.481 e. The number of aldehydes is 1. The number of benzene rings is 1. The maximum atomic E-state index is 12.5. The van der Waals surface area contributed by atoms with Crippen molar-refractivity contribution in [1.82, 2.24) is 16.0 Å². The maximum Gasteiger partial charge on any atom is 0.305 e. The normalized spacial score (nSPS) is 15.4. The minimum absolute atomic E-state index is 0.180. The van der Waals surface area contributed by atoms with Gasteiger partial charge in [0, 0.05) is 0 Å². The van der Waals surface area contributed by atoms with Crippen LogP contribution in [0.15, 0.2) is 30.3 Å². The molecule has 0 saturated heterocycles. The molecule has 0 aliphatic heterocycles. The number of nitrogens with one attached hydrogen (secondary N) is 3. The standard InChI is InChI=1S/C20H28N4O8/c1-11(27)17(24-18(30)14(21)7-12-5-3-2-4-6-12)20(32)23-15(10-26)19(31)22-13(9-25)8-16(28)29/h2-6,9,11,13-15,17,26-27H,7-8,10,21H2,1H3,(H,22,31)(H,23,32)(H,24,30)(H,28,29)/t11-,13+,14+,15+,17+/m1/s1. The van der Waals surface area contributed by atoms with Gasteiger partial charge in [0.15, 0.2) is 0 Å². The zero-order valence-electron chi connectivity index (χ0n) is 17.4. The number of nitrogens with two attached hydrogens (primary N) is 1. The number of rotatable bonds is 13. The smallest absolute Gasteiger partial charge is 0.305 e. The van der Waals surface area contributed by atoms with Crippen LogP contribution in [0, 0.1) is 0 Å². The van der Waals surface area contributed by atoms with E-state index in [0.29, 0.717) is 0 Å². The minimum atomic E-state index is -1.56. The maximum absolute atomic E-state index is 12.5. The van der Waals surface area contributed by atoms with Crippen molar-refractivity contribution in [2.75, 3.05) is 6.61 Å². The molecular formula is C20H28N4O8. The van der Waals surface area contributed by atoms with Gasteiger partial charge in [-0.05, 0) is 18.9 Å². The first kappa shape index (κ1) is 26.7. The van der Waals surface area contributed by atoms with Crippen molar-refractivity contribution in [1.29, 1.82) is 0 Å². The fourth-order valence-electron chi connectivity index (χ4n) is 2.69. The molecule has 12 heteroatoms. The number of aliphatic hydroxyl groups is 2. The fourth-order valence-corrected chi connectivity index (χ4v) is 2.69. The third kappa shape index (κ3) is 8.79. The first-order chi connectivity index (χ1) is 15.1. The van der Waals surface area contributed by atoms with Gasteiger partial charge in [-0.1, -0.05) is 30.3 Å². The topological polar surface area (TPSA) is 208 Å². The number of amides is 3. The van der Waals surface area contributed by atoms with Gasteiger partial charge >= 0.3 is 5.97 Å². The predicted octanol–water partition coefficient (Wildman–Crippen LogP) is -2.94. The van der Waals surface area contributed by atoms with E-state index in [4.69, 9.17) is 10.8 Å². The molecule has 0 saturated carbocycles. The number of hydrogen-bond acceptors (Lipinski definition) is 8. The van der Waals surface area contributed by atoms with E-state index in [2.05, 4.69) is 16.0 Å². The molecule has 0 aromatic heterocycles. The van der Waals surface area contributed by atoms with E-state index in [-0.39, 0.29) is 12.7 Å². The molecule has 0 spiro atoms. The molecule has 0 aliphatic carbocycles. The van der Waals surface area contributed by atoms with Crippen molar-refractivity contribution >= 4 is 30.0 Å². The molecule has 5 atom stereocenters. The highest BCUT2D eigenvalue weighted by molar-refractivity contribution is 5.94. The summed E-state index contributed by atoms with van der Waals surface area (Å²) in [5.74, 6) is -4.07. The summed E-state index contributed by atoms with van der Waals surface area (Å²) in [6.45, 7) is 0.348. The van der Waals surface area contributed by atoms with Gasteiger partial charge in [0.2, 0.25) is 17.7 Å². The number of carbonyl (C=O) groups excluding carboxylic acids is 4. The SMILES string of the molecule is C[C@@H](O)[C@H](NC(=O)[C@@H](N)Cc1ccccc1)C(=O)N[C@@H](CO)C(=O)N[C@H](C=O)CC(=O)O. The van der Waals surface area contributed by atoms with Crippen molar-refractivity contribution in [2.45, 2.75) is 50.0 Å². The molecule has 0 aliphatic rings. The van der Waals surface area contributed by atoms with Gasteiger partial charge in [-0.15, -0.1) is 0 Å². The van der Waals surface area contributed by atoms with Crippen LogP contribution in [-0.4, -0.2) is 82.2 Å². The van der Waals surface area contributed by atoms with E-state index in [9.17, 15) is 34.2 Å². The highest BCUT2D eigenvalue weighted by atomic mass is 16.4. The molecule has 1 aromatic rings. The molecule has 32 heavy (non-hydrogen) atoms. The second kappa shape index (κ2) is 13.1. The second-order valence-electron chi connectivity index (χ2n) is 7.12. The van der Waals surface area contributed by atoms with Crippen molar-refractivity contribution < 1.29 is 39.3 Å². The van der Waals surface area contributed by atoms with E-state index in [1.54, 1.807) is 30.3 Å². The Morgan fingerprint density at radius 2 is 1.66 bits per heavy atom. The lowest BCUT2D eigenvalue weighted by molar-refractivity contribution is -0.139. The lowest BCUT2D eigenvalue weighted by atomic mass is 10.0. The summed E-state index contributed by atoms with van der Waals surface area (Å²) in [5.41, 5.74) is 6.66. The number of carbonyl (C=O) groups is 5. The van der Waals surface area contributed by atoms with Crippen LogP contribution >= 0.6 is 0 Å². The minimum Gasteiger partial charge on any atom is -0.481 e. The highest BCUT2D eigenvalue weighted by Crippen LogP contribution is 2.03. The Bertz CT molecular complexity index is 802. The molecule has 8 N–H and O–H groups in total. The van der Waals surface area contributed by atoms with Gasteiger partial charge < -0.3 is 41.8 Å². The summed E-state index contributed by atoms with van der Waals surface area (Å²) in [7, 11) is 0. The van der Waals surface area contributed by atoms with Crippen molar-refractivity contribution in [3.63, 3.8) is 0 Å². The zero-order valence-corrected chi connectivity index (χ0v) is 17.4. The molecule has 1 aromatic carbocycles. The molecule has 0 unspecified atom stereocenters. The van der Waals surface area contributed by atoms with Crippen molar-refractivity contribution in [2.24, 2.45) is 5.73 Å². The van der Waals surface area contributed by atoms with Crippen molar-refractivity contribution in [3.8, 4) is 0 Å². The van der Waals surface area contributed by atoms with Crippen LogP contribution in [0.1, 0.15) is 18.9 Å². The Hall–Kier alpha value is -3.35. The van der Waals surface area contributed by atoms with Crippen molar-refractivity contribution in [3.05, 3.63) is 35.9 Å². The lowest BCUT2D eigenvalue weighted by Gasteiger charge is -2.25. The zero-order chi connectivity index (χ0) is 24.3. The molecule has 176 valence electrons. The number of carboxylic acids is 1. The Kier molecular flexibility index (Phi) is 11.0. The lowest BCUT2D eigenvalue weighted by Crippen LogP contribution is -2.60. The van der Waals surface area contributed by atoms with Gasteiger partial charge in [-0.2, -0.15) is 0 Å². The Labute approximate surface area is 184 Å². The van der Waals surface area contributed by atoms with Crippen LogP contribution in [0.25, 0.3) is 0 Å². The molecule has 0 heterocycles. The Morgan fingerprint density at radius 3 is 2.16 bits per heavy atom. The van der Waals surface area contributed by atoms with Crippen LogP contribution in [0.4, 0.5) is 0 Å². The summed E-state index contributed by atoms with van der Waals surface area (Å²) >= 11 is 0. The Morgan fingerprint density at radius 1 is 1.03 bits per heavy atom. The number of hydrogen-bond donors (Lipinski definition) is 7.